The second-order valence-corrected chi connectivity index (χ2v) is 9.30. The number of halogens is 1. The summed E-state index contributed by atoms with van der Waals surface area (Å²) in [7, 11) is 4.57. The number of allylic oxidation sites excluding steroid dienone is 1. The van der Waals surface area contributed by atoms with Gasteiger partial charge in [0, 0.05) is 23.4 Å². The van der Waals surface area contributed by atoms with Gasteiger partial charge < -0.3 is 29.6 Å². The maximum Gasteiger partial charge on any atom is 0.255 e. The fraction of sp³-hybridized carbons (Fsp3) is 0.207. The van der Waals surface area contributed by atoms with Gasteiger partial charge in [-0.3, -0.25) is 4.79 Å². The van der Waals surface area contributed by atoms with Crippen LogP contribution in [0.1, 0.15) is 24.1 Å². The average Bonchev–Trinajstić information content (AvgIpc) is 3.44. The summed E-state index contributed by atoms with van der Waals surface area (Å²) in [6, 6.07) is 17.9. The van der Waals surface area contributed by atoms with Gasteiger partial charge in [0.2, 0.25) is 5.95 Å². The lowest BCUT2D eigenvalue weighted by molar-refractivity contribution is -0.113. The molecule has 0 unspecified atom stereocenters. The number of fused-ring (bicyclic) bond motifs is 1. The van der Waals surface area contributed by atoms with Crippen molar-refractivity contribution < 1.29 is 23.7 Å². The molecule has 0 bridgehead atoms. The lowest BCUT2D eigenvalue weighted by Gasteiger charge is -2.30. The van der Waals surface area contributed by atoms with Crippen LogP contribution in [0.15, 0.2) is 78.3 Å². The third-order valence-corrected chi connectivity index (χ3v) is 6.81. The van der Waals surface area contributed by atoms with Gasteiger partial charge in [0.05, 0.1) is 37.6 Å². The molecule has 2 heterocycles. The molecule has 1 aromatic heterocycles. The van der Waals surface area contributed by atoms with Crippen LogP contribution in [0.4, 0.5) is 11.6 Å². The van der Waals surface area contributed by atoms with Crippen molar-refractivity contribution in [3.8, 4) is 23.0 Å². The van der Waals surface area contributed by atoms with Crippen molar-refractivity contribution in [1.29, 1.82) is 0 Å². The molecule has 1 atom stereocenters. The van der Waals surface area contributed by atoms with E-state index >= 15 is 0 Å². The first-order valence-electron chi connectivity index (χ1n) is 12.4. The Hall–Kier alpha value is -4.70. The number of aromatic nitrogens is 3. The average molecular weight is 562 g/mol. The molecule has 0 saturated carbocycles. The van der Waals surface area contributed by atoms with Crippen molar-refractivity contribution in [1.82, 2.24) is 14.8 Å². The summed E-state index contributed by atoms with van der Waals surface area (Å²) in [4.78, 5) is 18.4. The number of carbonyl (C=O) groups excluding carboxylic acids is 1. The number of anilines is 2. The summed E-state index contributed by atoms with van der Waals surface area (Å²) in [6.07, 6.45) is 1.43. The van der Waals surface area contributed by atoms with E-state index in [9.17, 15) is 4.79 Å². The first kappa shape index (κ1) is 26.9. The van der Waals surface area contributed by atoms with Crippen LogP contribution < -0.4 is 29.6 Å². The molecule has 206 valence electrons. The van der Waals surface area contributed by atoms with Gasteiger partial charge in [0.25, 0.3) is 5.91 Å². The predicted molar refractivity (Wildman–Crippen MR) is 151 cm³/mol. The van der Waals surface area contributed by atoms with E-state index in [4.69, 9.17) is 30.5 Å². The molecule has 0 radical (unpaired) electrons. The molecule has 0 saturated heterocycles. The quantitative estimate of drug-likeness (QED) is 0.277. The van der Waals surface area contributed by atoms with Gasteiger partial charge in [-0.1, -0.05) is 54.1 Å². The largest absolute Gasteiger partial charge is 0.495 e. The van der Waals surface area contributed by atoms with Gasteiger partial charge >= 0.3 is 0 Å². The van der Waals surface area contributed by atoms with E-state index < -0.39 is 11.9 Å². The number of amides is 1. The minimum Gasteiger partial charge on any atom is -0.495 e. The standard InChI is InChI=1S/C29H28ClN5O5/c1-17-25(28(36)34-21-14-23(38-3)20(30)13-24(21)39-4)26(35-29(33-17)31-16-32-35)19-11-8-12-22(37-2)27(19)40-15-18-9-6-5-7-10-18/h5-14,16,26H,15H2,1-4H3,(H,34,36)(H,31,32,33)/t26-/m1/s1. The van der Waals surface area contributed by atoms with Crippen molar-refractivity contribution in [2.45, 2.75) is 19.6 Å². The summed E-state index contributed by atoms with van der Waals surface area (Å²) >= 11 is 6.27. The topological polar surface area (TPSA) is 109 Å². The normalized spacial score (nSPS) is 14.2. The number of para-hydroxylation sites is 1. The van der Waals surface area contributed by atoms with E-state index in [1.807, 2.05) is 55.5 Å². The molecule has 0 aliphatic carbocycles. The van der Waals surface area contributed by atoms with Crippen LogP contribution in [0, 0.1) is 0 Å². The van der Waals surface area contributed by atoms with Gasteiger partial charge in [0.1, 0.15) is 30.5 Å². The second-order valence-electron chi connectivity index (χ2n) is 8.89. The third kappa shape index (κ3) is 5.13. The van der Waals surface area contributed by atoms with Gasteiger partial charge in [-0.2, -0.15) is 10.1 Å². The Morgan fingerprint density at radius 3 is 2.48 bits per heavy atom. The van der Waals surface area contributed by atoms with Gasteiger partial charge in [-0.05, 0) is 18.6 Å². The number of hydrogen-bond donors (Lipinski definition) is 2. The van der Waals surface area contributed by atoms with Gasteiger partial charge in [0.15, 0.2) is 11.5 Å². The first-order chi connectivity index (χ1) is 19.4. The molecule has 0 fully saturated rings. The van der Waals surface area contributed by atoms with Crippen LogP contribution in [0.5, 0.6) is 23.0 Å². The van der Waals surface area contributed by atoms with Crippen LogP contribution in [0.3, 0.4) is 0 Å². The Morgan fingerprint density at radius 2 is 1.75 bits per heavy atom. The smallest absolute Gasteiger partial charge is 0.255 e. The van der Waals surface area contributed by atoms with Crippen LogP contribution >= 0.6 is 11.6 Å². The molecule has 5 rings (SSSR count). The second kappa shape index (κ2) is 11.6. The van der Waals surface area contributed by atoms with E-state index in [2.05, 4.69) is 20.7 Å². The molecule has 4 aromatic rings. The molecule has 1 aliphatic heterocycles. The zero-order chi connectivity index (χ0) is 28.2. The van der Waals surface area contributed by atoms with Crippen molar-refractivity contribution >= 4 is 29.1 Å². The maximum atomic E-state index is 14.0. The molecule has 40 heavy (non-hydrogen) atoms. The van der Waals surface area contributed by atoms with Crippen molar-refractivity contribution in [2.24, 2.45) is 0 Å². The lowest BCUT2D eigenvalue weighted by atomic mass is 9.93. The molecule has 1 aliphatic rings. The van der Waals surface area contributed by atoms with Gasteiger partial charge in [-0.25, -0.2) is 4.68 Å². The number of rotatable bonds is 9. The zero-order valence-corrected chi connectivity index (χ0v) is 23.2. The summed E-state index contributed by atoms with van der Waals surface area (Å²) in [5.74, 6) is 1.88. The first-order valence-corrected chi connectivity index (χ1v) is 12.8. The van der Waals surface area contributed by atoms with Crippen LogP contribution in [-0.4, -0.2) is 42.0 Å². The van der Waals surface area contributed by atoms with Crippen LogP contribution in [0.2, 0.25) is 5.02 Å². The highest BCUT2D eigenvalue weighted by molar-refractivity contribution is 6.32. The van der Waals surface area contributed by atoms with E-state index in [1.165, 1.54) is 20.5 Å². The number of hydrogen-bond acceptors (Lipinski definition) is 8. The fourth-order valence-electron chi connectivity index (χ4n) is 4.61. The molecule has 3 aromatic carbocycles. The minimum absolute atomic E-state index is 0.301. The molecule has 0 spiro atoms. The van der Waals surface area contributed by atoms with Gasteiger partial charge in [-0.15, -0.1) is 0 Å². The molecule has 11 heteroatoms. The zero-order valence-electron chi connectivity index (χ0n) is 22.4. The highest BCUT2D eigenvalue weighted by atomic mass is 35.5. The molecular formula is C29H28ClN5O5. The highest BCUT2D eigenvalue weighted by Gasteiger charge is 2.36. The van der Waals surface area contributed by atoms with Crippen molar-refractivity contribution in [2.75, 3.05) is 32.0 Å². The Kier molecular flexibility index (Phi) is 7.79. The summed E-state index contributed by atoms with van der Waals surface area (Å²) in [6.45, 7) is 2.11. The predicted octanol–water partition coefficient (Wildman–Crippen LogP) is 5.46. The molecule has 10 nitrogen and oxygen atoms in total. The lowest BCUT2D eigenvalue weighted by Crippen LogP contribution is -2.32. The summed E-state index contributed by atoms with van der Waals surface area (Å²) < 4.78 is 24.5. The number of nitrogens with zero attached hydrogens (tertiary/aromatic N) is 3. The fourth-order valence-corrected chi connectivity index (χ4v) is 4.84. The Labute approximate surface area is 236 Å². The van der Waals surface area contributed by atoms with Crippen LogP contribution in [0.25, 0.3) is 0 Å². The maximum absolute atomic E-state index is 14.0. The Balaban J connectivity index is 1.58. The highest BCUT2D eigenvalue weighted by Crippen LogP contribution is 2.44. The van der Waals surface area contributed by atoms with Crippen LogP contribution in [-0.2, 0) is 11.4 Å². The molecular weight excluding hydrogens is 534 g/mol. The number of benzene rings is 3. The SMILES string of the molecule is COc1cc(NC(=O)C2=C(C)Nc3ncnn3[C@@H]2c2cccc(OC)c2OCc2ccccc2)c(OC)cc1Cl. The summed E-state index contributed by atoms with van der Waals surface area (Å²) in [5, 5.41) is 10.9. The number of nitrogens with one attached hydrogen (secondary N) is 2. The van der Waals surface area contributed by atoms with Crippen molar-refractivity contribution in [3.63, 3.8) is 0 Å². The van der Waals surface area contributed by atoms with E-state index in [0.717, 1.165) is 5.56 Å². The van der Waals surface area contributed by atoms with E-state index in [1.54, 1.807) is 23.9 Å². The Morgan fingerprint density at radius 1 is 1.00 bits per heavy atom. The van der Waals surface area contributed by atoms with Crippen molar-refractivity contribution in [3.05, 3.63) is 94.4 Å². The minimum atomic E-state index is -0.695. The van der Waals surface area contributed by atoms with E-state index in [0.29, 0.717) is 63.1 Å². The summed E-state index contributed by atoms with van der Waals surface area (Å²) in [5.41, 5.74) is 3.04. The van der Waals surface area contributed by atoms with E-state index in [-0.39, 0.29) is 0 Å². The Bertz CT molecular complexity index is 1570. The monoisotopic (exact) mass is 561 g/mol. The third-order valence-electron chi connectivity index (χ3n) is 6.51. The molecule has 2 N–H and O–H groups in total. The molecule has 1 amide bonds. The number of ether oxygens (including phenoxy) is 4. The number of carbonyl (C=O) groups is 1. The number of methoxy groups -OCH3 is 3.